The number of ether oxygens (including phenoxy) is 4. The van der Waals surface area contributed by atoms with E-state index in [1.165, 1.54) is 24.3 Å². The van der Waals surface area contributed by atoms with Crippen LogP contribution in [0.2, 0.25) is 0 Å². The van der Waals surface area contributed by atoms with Gasteiger partial charge in [-0.25, -0.2) is 0 Å². The largest absolute Gasteiger partial charge is 0.497 e. The van der Waals surface area contributed by atoms with Crippen molar-refractivity contribution in [2.45, 2.75) is 65.0 Å². The van der Waals surface area contributed by atoms with Gasteiger partial charge in [0.2, 0.25) is 28.1 Å². The summed E-state index contributed by atoms with van der Waals surface area (Å²) in [6.45, 7) is 5.40. The SMILES string of the molecule is CC[C@@H](C)[C@H](Nc1ccc2c(cc1=O)[C@@H](NC(C)=O)CCc1cc(OC)c(OC)c(OC)c1-2)C(=O)Nc1nnc(CCc2ccc(OC)cc2)s1. The molecular weight excluding hydrogens is 671 g/mol. The average molecular weight is 716 g/mol. The first kappa shape index (κ1) is 37.1. The standard InChI is InChI=1S/C38H45N5O7S/c1-8-21(2)34(37(46)41-38-43-42-32(51-38)18-11-23-9-13-25(47-4)14-10-23)40-29-17-15-26-27(20-30(29)45)28(39-22(3)44)16-12-24-19-31(48-5)35(49-6)36(50-7)33(24)26/h9-10,13-15,17,19-21,28,34H,8,11-12,16,18H2,1-7H3,(H,39,44)(H,40,45)(H,41,43,46)/t21-,28+,34+/m1/s1. The number of carbonyl (C=O) groups is 2. The highest BCUT2D eigenvalue weighted by atomic mass is 32.1. The number of nitrogens with zero attached hydrogens (tertiary/aromatic N) is 2. The lowest BCUT2D eigenvalue weighted by Crippen LogP contribution is -2.40. The van der Waals surface area contributed by atoms with Crippen molar-refractivity contribution in [3.8, 4) is 34.1 Å². The highest BCUT2D eigenvalue weighted by Gasteiger charge is 2.31. The van der Waals surface area contributed by atoms with E-state index in [4.69, 9.17) is 18.9 Å². The van der Waals surface area contributed by atoms with Crippen molar-refractivity contribution < 1.29 is 28.5 Å². The van der Waals surface area contributed by atoms with Crippen molar-refractivity contribution in [2.75, 3.05) is 39.1 Å². The van der Waals surface area contributed by atoms with Crippen LogP contribution in [-0.2, 0) is 28.9 Å². The Bertz CT molecular complexity index is 1930. The second-order valence-corrected chi connectivity index (χ2v) is 13.5. The Hall–Kier alpha value is -5.17. The molecule has 0 bridgehead atoms. The minimum atomic E-state index is -0.756. The fraction of sp³-hybridized carbons (Fsp3) is 0.395. The van der Waals surface area contributed by atoms with Gasteiger partial charge in [-0.1, -0.05) is 49.8 Å². The molecule has 51 heavy (non-hydrogen) atoms. The summed E-state index contributed by atoms with van der Waals surface area (Å²) in [5, 5.41) is 18.9. The maximum atomic E-state index is 14.0. The van der Waals surface area contributed by atoms with Gasteiger partial charge >= 0.3 is 0 Å². The van der Waals surface area contributed by atoms with Gasteiger partial charge in [-0.05, 0) is 77.8 Å². The van der Waals surface area contributed by atoms with Gasteiger partial charge in [0.1, 0.15) is 16.8 Å². The summed E-state index contributed by atoms with van der Waals surface area (Å²) in [7, 11) is 6.30. The molecular formula is C38H45N5O7S. The Kier molecular flexibility index (Phi) is 12.1. The van der Waals surface area contributed by atoms with Crippen LogP contribution < -0.4 is 40.3 Å². The predicted octanol–water partition coefficient (Wildman–Crippen LogP) is 5.97. The Morgan fingerprint density at radius 3 is 2.33 bits per heavy atom. The summed E-state index contributed by atoms with van der Waals surface area (Å²) >= 11 is 1.33. The summed E-state index contributed by atoms with van der Waals surface area (Å²) in [5.41, 5.74) is 4.05. The number of aryl methyl sites for hydroxylation is 3. The fourth-order valence-electron chi connectivity index (χ4n) is 6.33. The van der Waals surface area contributed by atoms with Crippen LogP contribution in [-0.4, -0.2) is 56.5 Å². The van der Waals surface area contributed by atoms with Gasteiger partial charge in [-0.15, -0.1) is 10.2 Å². The molecule has 0 saturated heterocycles. The smallest absolute Gasteiger partial charge is 0.248 e. The lowest BCUT2D eigenvalue weighted by atomic mass is 9.95. The molecule has 0 spiro atoms. The Morgan fingerprint density at radius 1 is 0.941 bits per heavy atom. The van der Waals surface area contributed by atoms with Crippen LogP contribution in [0, 0.1) is 5.92 Å². The number of amides is 2. The molecule has 0 fully saturated rings. The van der Waals surface area contributed by atoms with Gasteiger partial charge in [-0.2, -0.15) is 0 Å². The van der Waals surface area contributed by atoms with E-state index in [9.17, 15) is 14.4 Å². The molecule has 3 N–H and O–H groups in total. The van der Waals surface area contributed by atoms with Crippen LogP contribution in [0.5, 0.6) is 23.0 Å². The number of rotatable bonds is 14. The van der Waals surface area contributed by atoms with E-state index in [1.54, 1.807) is 34.5 Å². The van der Waals surface area contributed by atoms with Gasteiger partial charge in [0.25, 0.3) is 0 Å². The van der Waals surface area contributed by atoms with Gasteiger partial charge in [0.15, 0.2) is 11.5 Å². The number of carbonyl (C=O) groups excluding carboxylic acids is 2. The number of nitrogens with one attached hydrogen (secondary N) is 3. The molecule has 4 aromatic rings. The summed E-state index contributed by atoms with van der Waals surface area (Å²) in [6, 6.07) is 13.6. The third kappa shape index (κ3) is 8.42. The Morgan fingerprint density at radius 2 is 1.69 bits per heavy atom. The summed E-state index contributed by atoms with van der Waals surface area (Å²) < 4.78 is 22.4. The van der Waals surface area contributed by atoms with Crippen molar-refractivity contribution >= 4 is 34.0 Å². The van der Waals surface area contributed by atoms with Crippen molar-refractivity contribution in [1.29, 1.82) is 0 Å². The number of hydrogen-bond donors (Lipinski definition) is 3. The average Bonchev–Trinajstić information content (AvgIpc) is 3.45. The molecule has 1 heterocycles. The zero-order valence-corrected chi connectivity index (χ0v) is 30.9. The normalized spacial score (nSPS) is 14.5. The predicted molar refractivity (Wildman–Crippen MR) is 198 cm³/mol. The topological polar surface area (TPSA) is 150 Å². The van der Waals surface area contributed by atoms with E-state index in [2.05, 4.69) is 26.1 Å². The number of methoxy groups -OCH3 is 4. The van der Waals surface area contributed by atoms with Gasteiger partial charge in [-0.3, -0.25) is 19.7 Å². The van der Waals surface area contributed by atoms with E-state index < -0.39 is 12.1 Å². The number of anilines is 2. The zero-order valence-electron chi connectivity index (χ0n) is 30.0. The molecule has 3 atom stereocenters. The molecule has 1 aliphatic carbocycles. The lowest BCUT2D eigenvalue weighted by Gasteiger charge is -2.23. The first-order valence-electron chi connectivity index (χ1n) is 16.9. The van der Waals surface area contributed by atoms with Crippen LogP contribution in [0.25, 0.3) is 11.1 Å². The van der Waals surface area contributed by atoms with Crippen molar-refractivity contribution in [3.05, 3.63) is 80.5 Å². The van der Waals surface area contributed by atoms with Crippen LogP contribution in [0.1, 0.15) is 61.4 Å². The molecule has 3 aromatic carbocycles. The molecule has 0 aliphatic heterocycles. The molecule has 12 nitrogen and oxygen atoms in total. The number of benzene rings is 2. The molecule has 0 unspecified atom stereocenters. The fourth-order valence-corrected chi connectivity index (χ4v) is 7.07. The second-order valence-electron chi connectivity index (χ2n) is 12.4. The number of aromatic nitrogens is 2. The summed E-state index contributed by atoms with van der Waals surface area (Å²) in [6.07, 6.45) is 3.23. The summed E-state index contributed by atoms with van der Waals surface area (Å²) in [5.74, 6) is 1.52. The molecule has 13 heteroatoms. The molecule has 0 radical (unpaired) electrons. The van der Waals surface area contributed by atoms with E-state index in [0.29, 0.717) is 59.2 Å². The van der Waals surface area contributed by atoms with Gasteiger partial charge in [0.05, 0.1) is 40.2 Å². The molecule has 270 valence electrons. The molecule has 1 aromatic heterocycles. The van der Waals surface area contributed by atoms with Crippen molar-refractivity contribution in [3.63, 3.8) is 0 Å². The maximum Gasteiger partial charge on any atom is 0.248 e. The number of hydrogen-bond acceptors (Lipinski definition) is 11. The first-order chi connectivity index (χ1) is 24.6. The van der Waals surface area contributed by atoms with Crippen molar-refractivity contribution in [1.82, 2.24) is 15.5 Å². The quantitative estimate of drug-likeness (QED) is 0.142. The van der Waals surface area contributed by atoms with E-state index in [0.717, 1.165) is 33.9 Å². The van der Waals surface area contributed by atoms with Crippen LogP contribution in [0.4, 0.5) is 10.8 Å². The molecule has 2 amide bonds. The maximum absolute atomic E-state index is 14.0. The highest BCUT2D eigenvalue weighted by molar-refractivity contribution is 7.15. The Labute approximate surface area is 301 Å². The van der Waals surface area contributed by atoms with Gasteiger partial charge in [0, 0.05) is 18.9 Å². The first-order valence-corrected chi connectivity index (χ1v) is 17.7. The monoisotopic (exact) mass is 715 g/mol. The van der Waals surface area contributed by atoms with E-state index in [1.807, 2.05) is 50.2 Å². The Balaban J connectivity index is 1.45. The minimum absolute atomic E-state index is 0.139. The second kappa shape index (κ2) is 16.7. The molecule has 1 aliphatic rings. The summed E-state index contributed by atoms with van der Waals surface area (Å²) in [4.78, 5) is 40.1. The molecule has 0 saturated carbocycles. The lowest BCUT2D eigenvalue weighted by molar-refractivity contribution is -0.120. The zero-order chi connectivity index (χ0) is 36.7. The third-order valence-corrected chi connectivity index (χ3v) is 10.1. The van der Waals surface area contributed by atoms with Crippen molar-refractivity contribution in [2.24, 2.45) is 5.92 Å². The minimum Gasteiger partial charge on any atom is -0.497 e. The van der Waals surface area contributed by atoms with Crippen LogP contribution in [0.15, 0.2) is 53.3 Å². The van der Waals surface area contributed by atoms with Crippen LogP contribution >= 0.6 is 11.3 Å². The third-order valence-electron chi connectivity index (χ3n) is 9.21. The van der Waals surface area contributed by atoms with E-state index >= 15 is 0 Å². The highest BCUT2D eigenvalue weighted by Crippen LogP contribution is 2.50. The van der Waals surface area contributed by atoms with E-state index in [-0.39, 0.29) is 28.8 Å². The number of fused-ring (bicyclic) bond motifs is 3. The van der Waals surface area contributed by atoms with Crippen LogP contribution in [0.3, 0.4) is 0 Å². The molecule has 5 rings (SSSR count). The van der Waals surface area contributed by atoms with Gasteiger partial charge < -0.3 is 29.6 Å².